The number of hydrogen-bond acceptors (Lipinski definition) is 4. The predicted octanol–water partition coefficient (Wildman–Crippen LogP) is 0.653. The molecule has 2 aliphatic heterocycles. The van der Waals surface area contributed by atoms with E-state index in [9.17, 15) is 9.59 Å². The van der Waals surface area contributed by atoms with Gasteiger partial charge in [-0.05, 0) is 26.7 Å². The lowest BCUT2D eigenvalue weighted by molar-refractivity contribution is -0.130. The molecule has 0 aliphatic carbocycles. The van der Waals surface area contributed by atoms with E-state index in [1.165, 1.54) is 6.20 Å². The second-order valence-corrected chi connectivity index (χ2v) is 6.20. The standard InChI is InChI=1S/C15H22N4O3/c1-9(2)19-5-3-12(15(19)21)17-14(20)11-7-16-18-13(11)10-4-6-22-8-10/h7,9-10,12H,3-6,8H2,1-2H3,(H,16,18)(H,17,20)/t10-,12-/m0/s1. The lowest BCUT2D eigenvalue weighted by Crippen LogP contribution is -2.43. The van der Waals surface area contributed by atoms with Crippen LogP contribution in [0.2, 0.25) is 0 Å². The van der Waals surface area contributed by atoms with Crippen molar-refractivity contribution in [1.29, 1.82) is 0 Å². The number of aromatic nitrogens is 2. The minimum atomic E-state index is -0.433. The van der Waals surface area contributed by atoms with Crippen LogP contribution >= 0.6 is 0 Å². The Hall–Kier alpha value is -1.89. The van der Waals surface area contributed by atoms with Crippen LogP contribution in [0.3, 0.4) is 0 Å². The van der Waals surface area contributed by atoms with Gasteiger partial charge in [-0.25, -0.2) is 0 Å². The molecule has 0 bridgehead atoms. The van der Waals surface area contributed by atoms with Crippen molar-refractivity contribution in [1.82, 2.24) is 20.4 Å². The third-order valence-corrected chi connectivity index (χ3v) is 4.42. The van der Waals surface area contributed by atoms with Crippen LogP contribution in [0.15, 0.2) is 6.20 Å². The predicted molar refractivity (Wildman–Crippen MR) is 79.5 cm³/mol. The quantitative estimate of drug-likeness (QED) is 0.855. The van der Waals surface area contributed by atoms with Crippen LogP contribution in [0.4, 0.5) is 0 Å². The fraction of sp³-hybridized carbons (Fsp3) is 0.667. The fourth-order valence-electron chi connectivity index (χ4n) is 3.14. The largest absolute Gasteiger partial charge is 0.381 e. The molecule has 2 atom stereocenters. The molecule has 22 heavy (non-hydrogen) atoms. The highest BCUT2D eigenvalue weighted by molar-refractivity contribution is 5.98. The van der Waals surface area contributed by atoms with Gasteiger partial charge < -0.3 is 15.0 Å². The second kappa shape index (κ2) is 6.08. The van der Waals surface area contributed by atoms with E-state index < -0.39 is 6.04 Å². The molecule has 2 saturated heterocycles. The van der Waals surface area contributed by atoms with E-state index in [0.717, 1.165) is 12.1 Å². The summed E-state index contributed by atoms with van der Waals surface area (Å²) in [5.41, 5.74) is 1.33. The van der Waals surface area contributed by atoms with Crippen molar-refractivity contribution in [2.24, 2.45) is 0 Å². The SMILES string of the molecule is CC(C)N1CC[C@H](NC(=O)c2cn[nH]c2[C@H]2CCOC2)C1=O. The third-order valence-electron chi connectivity index (χ3n) is 4.42. The third kappa shape index (κ3) is 2.72. The summed E-state index contributed by atoms with van der Waals surface area (Å²) in [6.45, 7) is 5.96. The van der Waals surface area contributed by atoms with Crippen LogP contribution in [0.5, 0.6) is 0 Å². The minimum absolute atomic E-state index is 0.00223. The summed E-state index contributed by atoms with van der Waals surface area (Å²) in [6, 6.07) is -0.271. The Morgan fingerprint density at radius 3 is 2.95 bits per heavy atom. The zero-order chi connectivity index (χ0) is 15.7. The zero-order valence-corrected chi connectivity index (χ0v) is 13.0. The van der Waals surface area contributed by atoms with Crippen LogP contribution in [0.25, 0.3) is 0 Å². The van der Waals surface area contributed by atoms with Gasteiger partial charge in [-0.15, -0.1) is 0 Å². The van der Waals surface area contributed by atoms with Gasteiger partial charge in [-0.3, -0.25) is 14.7 Å². The van der Waals surface area contributed by atoms with Crippen LogP contribution in [0, 0.1) is 0 Å². The first-order valence-electron chi connectivity index (χ1n) is 7.80. The maximum Gasteiger partial charge on any atom is 0.255 e. The van der Waals surface area contributed by atoms with Gasteiger partial charge in [0.1, 0.15) is 6.04 Å². The van der Waals surface area contributed by atoms with E-state index in [-0.39, 0.29) is 23.8 Å². The zero-order valence-electron chi connectivity index (χ0n) is 13.0. The van der Waals surface area contributed by atoms with Crippen molar-refractivity contribution in [2.45, 2.75) is 44.7 Å². The van der Waals surface area contributed by atoms with Gasteiger partial charge in [0.25, 0.3) is 5.91 Å². The van der Waals surface area contributed by atoms with E-state index in [0.29, 0.717) is 31.7 Å². The Labute approximate surface area is 129 Å². The van der Waals surface area contributed by atoms with E-state index in [2.05, 4.69) is 15.5 Å². The Morgan fingerprint density at radius 1 is 1.50 bits per heavy atom. The fourth-order valence-corrected chi connectivity index (χ4v) is 3.14. The summed E-state index contributed by atoms with van der Waals surface area (Å²) in [4.78, 5) is 26.5. The molecule has 1 aromatic rings. The molecule has 2 aliphatic rings. The van der Waals surface area contributed by atoms with Gasteiger partial charge in [0, 0.05) is 25.1 Å². The summed E-state index contributed by atoms with van der Waals surface area (Å²) < 4.78 is 5.37. The number of nitrogens with zero attached hydrogens (tertiary/aromatic N) is 2. The van der Waals surface area contributed by atoms with Gasteiger partial charge >= 0.3 is 0 Å². The molecule has 7 heteroatoms. The molecular formula is C15H22N4O3. The van der Waals surface area contributed by atoms with Crippen LogP contribution in [-0.4, -0.2) is 58.8 Å². The Kier molecular flexibility index (Phi) is 4.15. The van der Waals surface area contributed by atoms with E-state index in [1.54, 1.807) is 4.90 Å². The molecule has 7 nitrogen and oxygen atoms in total. The van der Waals surface area contributed by atoms with Crippen molar-refractivity contribution in [3.05, 3.63) is 17.5 Å². The highest BCUT2D eigenvalue weighted by atomic mass is 16.5. The molecule has 0 saturated carbocycles. The molecule has 2 N–H and O–H groups in total. The molecule has 0 radical (unpaired) electrons. The smallest absolute Gasteiger partial charge is 0.255 e. The molecule has 3 heterocycles. The minimum Gasteiger partial charge on any atom is -0.381 e. The first-order chi connectivity index (χ1) is 10.6. The summed E-state index contributed by atoms with van der Waals surface area (Å²) in [6.07, 6.45) is 3.07. The highest BCUT2D eigenvalue weighted by Crippen LogP contribution is 2.26. The van der Waals surface area contributed by atoms with E-state index in [4.69, 9.17) is 4.74 Å². The van der Waals surface area contributed by atoms with Gasteiger partial charge in [-0.2, -0.15) is 5.10 Å². The number of rotatable bonds is 4. The molecule has 0 aromatic carbocycles. The van der Waals surface area contributed by atoms with Gasteiger partial charge in [0.2, 0.25) is 5.91 Å². The maximum absolute atomic E-state index is 12.5. The molecule has 2 fully saturated rings. The Morgan fingerprint density at radius 2 is 2.32 bits per heavy atom. The van der Waals surface area contributed by atoms with Crippen molar-refractivity contribution in [3.63, 3.8) is 0 Å². The number of carbonyl (C=O) groups is 2. The molecule has 3 rings (SSSR count). The van der Waals surface area contributed by atoms with Crippen molar-refractivity contribution in [3.8, 4) is 0 Å². The summed E-state index contributed by atoms with van der Waals surface area (Å²) in [5, 5.41) is 9.74. The van der Waals surface area contributed by atoms with Gasteiger partial charge in [-0.1, -0.05) is 0 Å². The average Bonchev–Trinajstić information content (AvgIpc) is 3.18. The first kappa shape index (κ1) is 15.0. The molecular weight excluding hydrogens is 284 g/mol. The Balaban J connectivity index is 1.68. The van der Waals surface area contributed by atoms with Crippen LogP contribution in [0.1, 0.15) is 48.7 Å². The number of nitrogens with one attached hydrogen (secondary N) is 2. The lowest BCUT2D eigenvalue weighted by atomic mass is 10.0. The normalized spacial score (nSPS) is 25.2. The molecule has 0 spiro atoms. The van der Waals surface area contributed by atoms with Crippen LogP contribution in [-0.2, 0) is 9.53 Å². The topological polar surface area (TPSA) is 87.3 Å². The lowest BCUT2D eigenvalue weighted by Gasteiger charge is -2.21. The van der Waals surface area contributed by atoms with Gasteiger partial charge in [0.15, 0.2) is 0 Å². The number of ether oxygens (including phenoxy) is 1. The molecule has 1 aromatic heterocycles. The molecule has 0 unspecified atom stereocenters. The maximum atomic E-state index is 12.5. The number of aromatic amines is 1. The van der Waals surface area contributed by atoms with Crippen molar-refractivity contribution >= 4 is 11.8 Å². The summed E-state index contributed by atoms with van der Waals surface area (Å²) in [7, 11) is 0. The Bertz CT molecular complexity index is 563. The van der Waals surface area contributed by atoms with Gasteiger partial charge in [0.05, 0.1) is 24.1 Å². The number of H-pyrrole nitrogens is 1. The molecule has 2 amide bonds. The van der Waals surface area contributed by atoms with Crippen molar-refractivity contribution < 1.29 is 14.3 Å². The number of amides is 2. The summed E-state index contributed by atoms with van der Waals surface area (Å²) in [5.74, 6) is -0.0631. The monoisotopic (exact) mass is 306 g/mol. The van der Waals surface area contributed by atoms with Crippen molar-refractivity contribution in [2.75, 3.05) is 19.8 Å². The first-order valence-corrected chi connectivity index (χ1v) is 7.80. The molecule has 120 valence electrons. The number of likely N-dealkylation sites (tertiary alicyclic amines) is 1. The number of carbonyl (C=O) groups excluding carboxylic acids is 2. The highest BCUT2D eigenvalue weighted by Gasteiger charge is 2.35. The average molecular weight is 306 g/mol. The second-order valence-electron chi connectivity index (χ2n) is 6.20. The number of hydrogen-bond donors (Lipinski definition) is 2. The summed E-state index contributed by atoms with van der Waals surface area (Å²) >= 11 is 0. The van der Waals surface area contributed by atoms with Crippen LogP contribution < -0.4 is 5.32 Å². The van der Waals surface area contributed by atoms with E-state index in [1.807, 2.05) is 13.8 Å². The van der Waals surface area contributed by atoms with E-state index >= 15 is 0 Å².